The van der Waals surface area contributed by atoms with E-state index in [9.17, 15) is 13.6 Å². The van der Waals surface area contributed by atoms with Gasteiger partial charge in [0.15, 0.2) is 0 Å². The number of rotatable bonds is 4. The van der Waals surface area contributed by atoms with Crippen LogP contribution in [0.5, 0.6) is 0 Å². The third-order valence-corrected chi connectivity index (χ3v) is 2.46. The number of alkyl halides is 2. The van der Waals surface area contributed by atoms with Crippen LogP contribution < -0.4 is 0 Å². The lowest BCUT2D eigenvalue weighted by atomic mass is 10.2. The molecule has 1 N–H and O–H groups in total. The Morgan fingerprint density at radius 2 is 1.87 bits per heavy atom. The largest absolute Gasteiger partial charge is 0.481 e. The van der Waals surface area contributed by atoms with Gasteiger partial charge in [-0.25, -0.2) is 8.78 Å². The minimum Gasteiger partial charge on any atom is -0.481 e. The van der Waals surface area contributed by atoms with Gasteiger partial charge in [0.1, 0.15) is 6.42 Å². The summed E-state index contributed by atoms with van der Waals surface area (Å²) in [5.41, 5.74) is 0. The van der Waals surface area contributed by atoms with Crippen LogP contribution in [0.25, 0.3) is 0 Å². The summed E-state index contributed by atoms with van der Waals surface area (Å²) < 4.78 is 26.2. The van der Waals surface area contributed by atoms with Gasteiger partial charge in [0.05, 0.1) is 6.54 Å². The van der Waals surface area contributed by atoms with Gasteiger partial charge in [0.25, 0.3) is 5.92 Å². The molecule has 1 heterocycles. The summed E-state index contributed by atoms with van der Waals surface area (Å²) in [4.78, 5) is 13.9. The Morgan fingerprint density at radius 3 is 2.33 bits per heavy atom. The maximum atomic E-state index is 13.1. The molecule has 0 bridgehead atoms. The summed E-state index contributed by atoms with van der Waals surface area (Å²) in [5.74, 6) is -4.57. The number of aliphatic carboxylic acids is 1. The molecule has 88 valence electrons. The van der Waals surface area contributed by atoms with Crippen LogP contribution in [0.4, 0.5) is 8.78 Å². The molecule has 0 amide bonds. The number of piperazine rings is 1. The second kappa shape index (κ2) is 4.85. The Labute approximate surface area is 87.5 Å². The van der Waals surface area contributed by atoms with Crippen molar-refractivity contribution in [2.75, 3.05) is 39.8 Å². The summed E-state index contributed by atoms with van der Waals surface area (Å²) in [6.45, 7) is 2.21. The highest BCUT2D eigenvalue weighted by atomic mass is 19.3. The summed E-state index contributed by atoms with van der Waals surface area (Å²) in [6.07, 6.45) is -1.08. The molecular weight excluding hydrogens is 206 g/mol. The molecule has 0 atom stereocenters. The Balaban J connectivity index is 2.36. The minimum absolute atomic E-state index is 0.451. The van der Waals surface area contributed by atoms with Crippen molar-refractivity contribution in [3.05, 3.63) is 0 Å². The maximum absolute atomic E-state index is 13.1. The number of carbonyl (C=O) groups is 1. The summed E-state index contributed by atoms with van der Waals surface area (Å²) in [6, 6.07) is 0. The van der Waals surface area contributed by atoms with Crippen LogP contribution in [0.1, 0.15) is 6.42 Å². The van der Waals surface area contributed by atoms with Gasteiger partial charge in [-0.05, 0) is 7.05 Å². The van der Waals surface area contributed by atoms with E-state index in [-0.39, 0.29) is 0 Å². The lowest BCUT2D eigenvalue weighted by molar-refractivity contribution is -0.146. The number of carboxylic acids is 1. The Bertz CT molecular complexity index is 228. The molecule has 1 saturated heterocycles. The number of halogens is 2. The molecule has 6 heteroatoms. The highest BCUT2D eigenvalue weighted by Gasteiger charge is 2.35. The summed E-state index contributed by atoms with van der Waals surface area (Å²) in [5, 5.41) is 8.31. The van der Waals surface area contributed by atoms with Crippen molar-refractivity contribution >= 4 is 5.97 Å². The smallest absolute Gasteiger partial charge is 0.309 e. The summed E-state index contributed by atoms with van der Waals surface area (Å²) >= 11 is 0. The maximum Gasteiger partial charge on any atom is 0.309 e. The van der Waals surface area contributed by atoms with Gasteiger partial charge in [-0.2, -0.15) is 0 Å². The van der Waals surface area contributed by atoms with Crippen molar-refractivity contribution in [3.8, 4) is 0 Å². The zero-order valence-corrected chi connectivity index (χ0v) is 8.75. The van der Waals surface area contributed by atoms with Gasteiger partial charge in [-0.1, -0.05) is 0 Å². The van der Waals surface area contributed by atoms with Crippen LogP contribution in [0, 0.1) is 0 Å². The van der Waals surface area contributed by atoms with E-state index < -0.39 is 24.9 Å². The van der Waals surface area contributed by atoms with Crippen LogP contribution >= 0.6 is 0 Å². The first-order valence-electron chi connectivity index (χ1n) is 4.89. The zero-order valence-electron chi connectivity index (χ0n) is 8.75. The highest BCUT2D eigenvalue weighted by molar-refractivity contribution is 5.67. The number of hydrogen-bond donors (Lipinski definition) is 1. The first-order valence-corrected chi connectivity index (χ1v) is 4.89. The van der Waals surface area contributed by atoms with Crippen LogP contribution in [0.15, 0.2) is 0 Å². The normalized spacial score (nSPS) is 20.5. The predicted octanol–water partition coefficient (Wildman–Crippen LogP) is 0.344. The van der Waals surface area contributed by atoms with E-state index in [4.69, 9.17) is 5.11 Å². The standard InChI is InChI=1S/C9H16F2N2O2/c1-12-2-4-13(5-3-12)7-9(10,11)6-8(14)15/h2-7H2,1H3,(H,14,15). The van der Waals surface area contributed by atoms with Gasteiger partial charge in [-0.3, -0.25) is 9.69 Å². The second-order valence-electron chi connectivity index (χ2n) is 4.01. The molecule has 0 aromatic rings. The quantitative estimate of drug-likeness (QED) is 0.745. The fourth-order valence-corrected chi connectivity index (χ4v) is 1.61. The molecule has 0 radical (unpaired) electrons. The highest BCUT2D eigenvalue weighted by Crippen LogP contribution is 2.20. The fourth-order valence-electron chi connectivity index (χ4n) is 1.61. The molecule has 1 rings (SSSR count). The number of likely N-dealkylation sites (N-methyl/N-ethyl adjacent to an activating group) is 1. The minimum atomic E-state index is -3.12. The lowest BCUT2D eigenvalue weighted by Gasteiger charge is -2.34. The van der Waals surface area contributed by atoms with Crippen molar-refractivity contribution in [2.24, 2.45) is 0 Å². The van der Waals surface area contributed by atoms with Crippen molar-refractivity contribution < 1.29 is 18.7 Å². The number of nitrogens with zero attached hydrogens (tertiary/aromatic N) is 2. The molecule has 1 aliphatic heterocycles. The van der Waals surface area contributed by atoms with E-state index in [1.807, 2.05) is 7.05 Å². The van der Waals surface area contributed by atoms with E-state index in [1.165, 1.54) is 0 Å². The lowest BCUT2D eigenvalue weighted by Crippen LogP contribution is -2.48. The van der Waals surface area contributed by atoms with Crippen LogP contribution in [-0.4, -0.2) is 66.6 Å². The molecule has 4 nitrogen and oxygen atoms in total. The molecule has 15 heavy (non-hydrogen) atoms. The van der Waals surface area contributed by atoms with Crippen molar-refractivity contribution in [3.63, 3.8) is 0 Å². The molecule has 0 unspecified atom stereocenters. The summed E-state index contributed by atoms with van der Waals surface area (Å²) in [7, 11) is 1.94. The first-order chi connectivity index (χ1) is 6.89. The van der Waals surface area contributed by atoms with E-state index in [2.05, 4.69) is 4.90 Å². The average molecular weight is 222 g/mol. The van der Waals surface area contributed by atoms with E-state index in [1.54, 1.807) is 4.90 Å². The Kier molecular flexibility index (Phi) is 3.98. The van der Waals surface area contributed by atoms with Gasteiger partial charge in [0, 0.05) is 26.2 Å². The van der Waals surface area contributed by atoms with Crippen molar-refractivity contribution in [1.29, 1.82) is 0 Å². The van der Waals surface area contributed by atoms with Gasteiger partial charge in [0.2, 0.25) is 0 Å². The predicted molar refractivity (Wildman–Crippen MR) is 51.1 cm³/mol. The van der Waals surface area contributed by atoms with Crippen LogP contribution in [-0.2, 0) is 4.79 Å². The Hall–Kier alpha value is -0.750. The molecule has 1 fully saturated rings. The molecule has 0 spiro atoms. The molecule has 0 aromatic heterocycles. The SMILES string of the molecule is CN1CCN(CC(F)(F)CC(=O)O)CC1. The molecule has 0 aliphatic carbocycles. The second-order valence-corrected chi connectivity index (χ2v) is 4.01. The monoisotopic (exact) mass is 222 g/mol. The topological polar surface area (TPSA) is 43.8 Å². The molecule has 0 saturated carbocycles. The van der Waals surface area contributed by atoms with Gasteiger partial charge in [-0.15, -0.1) is 0 Å². The average Bonchev–Trinajstić information content (AvgIpc) is 2.06. The van der Waals surface area contributed by atoms with E-state index in [0.29, 0.717) is 13.1 Å². The third-order valence-electron chi connectivity index (χ3n) is 2.46. The van der Waals surface area contributed by atoms with Gasteiger partial charge >= 0.3 is 5.97 Å². The zero-order chi connectivity index (χ0) is 11.5. The molecule has 0 aromatic carbocycles. The third kappa shape index (κ3) is 4.53. The number of carboxylic acid groups (broad SMARTS) is 1. The number of hydrogen-bond acceptors (Lipinski definition) is 3. The van der Waals surface area contributed by atoms with E-state index in [0.717, 1.165) is 13.1 Å². The van der Waals surface area contributed by atoms with Crippen molar-refractivity contribution in [2.45, 2.75) is 12.3 Å². The molecular formula is C9H16F2N2O2. The fraction of sp³-hybridized carbons (Fsp3) is 0.889. The Morgan fingerprint density at radius 1 is 1.33 bits per heavy atom. The van der Waals surface area contributed by atoms with Crippen molar-refractivity contribution in [1.82, 2.24) is 9.80 Å². The first kappa shape index (κ1) is 12.3. The van der Waals surface area contributed by atoms with Crippen LogP contribution in [0.2, 0.25) is 0 Å². The van der Waals surface area contributed by atoms with Gasteiger partial charge < -0.3 is 10.0 Å². The van der Waals surface area contributed by atoms with Crippen LogP contribution in [0.3, 0.4) is 0 Å². The van der Waals surface area contributed by atoms with E-state index >= 15 is 0 Å². The molecule has 1 aliphatic rings.